The molecule has 2 heteroatoms. The molecule has 0 spiro atoms. The fraction of sp³-hybridized carbons (Fsp3) is 0.625. The number of thioether (sulfide) groups is 1. The molecule has 1 N–H and O–H groups in total. The van der Waals surface area contributed by atoms with E-state index in [9.17, 15) is 0 Å². The predicted molar refractivity (Wildman–Crippen MR) is 79.3 cm³/mol. The van der Waals surface area contributed by atoms with Crippen LogP contribution in [-0.4, -0.2) is 17.3 Å². The lowest BCUT2D eigenvalue weighted by Crippen LogP contribution is -2.46. The third kappa shape index (κ3) is 2.75. The van der Waals surface area contributed by atoms with Gasteiger partial charge in [-0.3, -0.25) is 0 Å². The third-order valence-electron chi connectivity index (χ3n) is 4.43. The summed E-state index contributed by atoms with van der Waals surface area (Å²) in [6, 6.07) is 8.87. The van der Waals surface area contributed by atoms with E-state index in [1.165, 1.54) is 43.4 Å². The molecule has 1 aliphatic carbocycles. The number of hydrogen-bond acceptors (Lipinski definition) is 2. The molecule has 98 valence electrons. The minimum Gasteiger partial charge on any atom is -0.310 e. The Morgan fingerprint density at radius 3 is 2.78 bits per heavy atom. The van der Waals surface area contributed by atoms with Gasteiger partial charge in [-0.1, -0.05) is 37.5 Å². The zero-order valence-electron chi connectivity index (χ0n) is 11.2. The first-order chi connectivity index (χ1) is 8.75. The van der Waals surface area contributed by atoms with E-state index in [4.69, 9.17) is 0 Å². The number of fused-ring (bicyclic) bond motifs is 1. The van der Waals surface area contributed by atoms with Crippen molar-refractivity contribution in [3.8, 4) is 0 Å². The van der Waals surface area contributed by atoms with Gasteiger partial charge in [0.25, 0.3) is 0 Å². The second kappa shape index (κ2) is 5.26. The maximum absolute atomic E-state index is 3.85. The minimum absolute atomic E-state index is 0.410. The summed E-state index contributed by atoms with van der Waals surface area (Å²) in [4.78, 5) is 1.50. The monoisotopic (exact) mass is 261 g/mol. The van der Waals surface area contributed by atoms with Gasteiger partial charge in [0, 0.05) is 22.2 Å². The Hall–Kier alpha value is -0.470. The molecule has 2 aliphatic rings. The first kappa shape index (κ1) is 12.6. The van der Waals surface area contributed by atoms with E-state index >= 15 is 0 Å². The molecular formula is C16H23NS. The van der Waals surface area contributed by atoms with E-state index in [1.54, 1.807) is 5.56 Å². The lowest BCUT2D eigenvalue weighted by Gasteiger charge is -2.35. The molecule has 18 heavy (non-hydrogen) atoms. The van der Waals surface area contributed by atoms with Crippen molar-refractivity contribution in [3.05, 3.63) is 29.8 Å². The number of nitrogens with one attached hydrogen (secondary N) is 1. The molecule has 1 aliphatic heterocycles. The first-order valence-electron chi connectivity index (χ1n) is 7.25. The predicted octanol–water partition coefficient (Wildman–Crippen LogP) is 4.02. The molecule has 0 bridgehead atoms. The second-order valence-electron chi connectivity index (χ2n) is 6.05. The first-order valence-corrected chi connectivity index (χ1v) is 8.13. The van der Waals surface area contributed by atoms with Gasteiger partial charge in [0.15, 0.2) is 0 Å². The van der Waals surface area contributed by atoms with Gasteiger partial charge in [-0.2, -0.15) is 0 Å². The lowest BCUT2D eigenvalue weighted by molar-refractivity contribution is 0.255. The molecule has 0 radical (unpaired) electrons. The Bertz CT molecular complexity index is 384. The van der Waals surface area contributed by atoms with Crippen molar-refractivity contribution < 1.29 is 0 Å². The van der Waals surface area contributed by atoms with Gasteiger partial charge in [0.1, 0.15) is 0 Å². The number of rotatable bonds is 3. The summed E-state index contributed by atoms with van der Waals surface area (Å²) >= 11 is 2.06. The van der Waals surface area contributed by atoms with Crippen molar-refractivity contribution in [2.24, 2.45) is 0 Å². The average molecular weight is 261 g/mol. The molecule has 1 atom stereocenters. The largest absolute Gasteiger partial charge is 0.310 e. The Balaban J connectivity index is 1.53. The molecule has 1 saturated carbocycles. The fourth-order valence-corrected chi connectivity index (χ4v) is 4.49. The van der Waals surface area contributed by atoms with E-state index in [0.717, 1.165) is 11.8 Å². The van der Waals surface area contributed by atoms with Crippen molar-refractivity contribution >= 4 is 11.8 Å². The lowest BCUT2D eigenvalue weighted by atomic mass is 9.83. The highest BCUT2D eigenvalue weighted by molar-refractivity contribution is 8.00. The van der Waals surface area contributed by atoms with Crippen molar-refractivity contribution in [1.29, 1.82) is 0 Å². The van der Waals surface area contributed by atoms with E-state index < -0.39 is 0 Å². The van der Waals surface area contributed by atoms with Crippen LogP contribution < -0.4 is 5.32 Å². The van der Waals surface area contributed by atoms with Crippen LogP contribution in [0.3, 0.4) is 0 Å². The topological polar surface area (TPSA) is 12.0 Å². The smallest absolute Gasteiger partial charge is 0.0260 e. The van der Waals surface area contributed by atoms with Gasteiger partial charge >= 0.3 is 0 Å². The average Bonchev–Trinajstić information content (AvgIpc) is 2.80. The van der Waals surface area contributed by atoms with Gasteiger partial charge < -0.3 is 5.32 Å². The van der Waals surface area contributed by atoms with Crippen molar-refractivity contribution in [1.82, 2.24) is 5.32 Å². The molecule has 0 amide bonds. The molecule has 1 fully saturated rings. The second-order valence-corrected chi connectivity index (χ2v) is 7.40. The summed E-state index contributed by atoms with van der Waals surface area (Å²) < 4.78 is 0. The molecule has 0 saturated heterocycles. The maximum atomic E-state index is 3.85. The van der Waals surface area contributed by atoms with Crippen LogP contribution in [0.5, 0.6) is 0 Å². The summed E-state index contributed by atoms with van der Waals surface area (Å²) in [6.07, 6.45) is 8.20. The zero-order chi connectivity index (χ0) is 12.4. The van der Waals surface area contributed by atoms with Gasteiger partial charge in [-0.05, 0) is 37.8 Å². The van der Waals surface area contributed by atoms with E-state index in [0.29, 0.717) is 5.54 Å². The van der Waals surface area contributed by atoms with Crippen molar-refractivity contribution in [3.63, 3.8) is 0 Å². The Kier molecular flexibility index (Phi) is 3.67. The molecule has 1 unspecified atom stereocenters. The van der Waals surface area contributed by atoms with Crippen LogP contribution in [0.2, 0.25) is 0 Å². The van der Waals surface area contributed by atoms with Crippen LogP contribution in [0.25, 0.3) is 0 Å². The molecule has 3 rings (SSSR count). The molecule has 0 aromatic heterocycles. The highest BCUT2D eigenvalue weighted by atomic mass is 32.2. The normalized spacial score (nSPS) is 25.9. The van der Waals surface area contributed by atoms with E-state index in [-0.39, 0.29) is 0 Å². The quantitative estimate of drug-likeness (QED) is 0.882. The number of hydrogen-bond donors (Lipinski definition) is 1. The Morgan fingerprint density at radius 1 is 1.22 bits per heavy atom. The standard InChI is InChI=1S/C16H23NS/c1-16(9-5-2-6-10-16)17-12-14-11-13-7-3-4-8-15(13)18-14/h3-4,7-8,14,17H,2,5-6,9-12H2,1H3. The van der Waals surface area contributed by atoms with Crippen LogP contribution in [0.1, 0.15) is 44.6 Å². The van der Waals surface area contributed by atoms with Crippen LogP contribution in [0, 0.1) is 0 Å². The highest BCUT2D eigenvalue weighted by Crippen LogP contribution is 2.37. The van der Waals surface area contributed by atoms with Gasteiger partial charge in [0.05, 0.1) is 0 Å². The molecule has 1 aromatic carbocycles. The van der Waals surface area contributed by atoms with Gasteiger partial charge in [-0.25, -0.2) is 0 Å². The third-order valence-corrected chi connectivity index (χ3v) is 5.75. The van der Waals surface area contributed by atoms with E-state index in [2.05, 4.69) is 48.3 Å². The molecule has 1 aromatic rings. The summed E-state index contributed by atoms with van der Waals surface area (Å²) in [7, 11) is 0. The zero-order valence-corrected chi connectivity index (χ0v) is 12.1. The maximum Gasteiger partial charge on any atom is 0.0260 e. The summed E-state index contributed by atoms with van der Waals surface area (Å²) in [5, 5.41) is 4.59. The van der Waals surface area contributed by atoms with Crippen molar-refractivity contribution in [2.75, 3.05) is 6.54 Å². The molecule has 1 nitrogen and oxygen atoms in total. The van der Waals surface area contributed by atoms with Gasteiger partial charge in [-0.15, -0.1) is 11.8 Å². The summed E-state index contributed by atoms with van der Waals surface area (Å²) in [5.41, 5.74) is 1.95. The highest BCUT2D eigenvalue weighted by Gasteiger charge is 2.28. The van der Waals surface area contributed by atoms with Crippen LogP contribution in [0.15, 0.2) is 29.2 Å². The van der Waals surface area contributed by atoms with E-state index in [1.807, 2.05) is 0 Å². The van der Waals surface area contributed by atoms with Crippen LogP contribution in [-0.2, 0) is 6.42 Å². The molecular weight excluding hydrogens is 238 g/mol. The van der Waals surface area contributed by atoms with Crippen molar-refractivity contribution in [2.45, 2.75) is 61.1 Å². The van der Waals surface area contributed by atoms with Crippen LogP contribution >= 0.6 is 11.8 Å². The number of benzene rings is 1. The molecule has 1 heterocycles. The summed E-state index contributed by atoms with van der Waals surface area (Å²) in [6.45, 7) is 3.58. The summed E-state index contributed by atoms with van der Waals surface area (Å²) in [5.74, 6) is 0. The van der Waals surface area contributed by atoms with Crippen LogP contribution in [0.4, 0.5) is 0 Å². The Morgan fingerprint density at radius 2 is 2.00 bits per heavy atom. The SMILES string of the molecule is CC1(NCC2Cc3ccccc3S2)CCCCC1. The Labute approximate surface area is 115 Å². The fourth-order valence-electron chi connectivity index (χ4n) is 3.24. The van der Waals surface area contributed by atoms with Gasteiger partial charge in [0.2, 0.25) is 0 Å². The minimum atomic E-state index is 0.410.